The number of rotatable bonds is 2. The zero-order valence-electron chi connectivity index (χ0n) is 15.1. The molecule has 7 heteroatoms. The lowest BCUT2D eigenvalue weighted by atomic mass is 9.92. The minimum Gasteiger partial charge on any atom is -0.454 e. The van der Waals surface area contributed by atoms with Crippen LogP contribution < -0.4 is 14.8 Å². The normalized spacial score (nSPS) is 25.3. The van der Waals surface area contributed by atoms with E-state index in [1.807, 2.05) is 9.80 Å². The van der Waals surface area contributed by atoms with Crippen LogP contribution in [0.25, 0.3) is 0 Å². The Hall–Kier alpha value is -2.28. The van der Waals surface area contributed by atoms with E-state index in [4.69, 9.17) is 9.47 Å². The Morgan fingerprint density at radius 2 is 1.81 bits per heavy atom. The molecule has 7 nitrogen and oxygen atoms in total. The summed E-state index contributed by atoms with van der Waals surface area (Å²) in [6.45, 7) is 5.57. The zero-order valence-corrected chi connectivity index (χ0v) is 15.1. The van der Waals surface area contributed by atoms with Crippen molar-refractivity contribution in [2.75, 3.05) is 39.5 Å². The summed E-state index contributed by atoms with van der Waals surface area (Å²) in [7, 11) is 0. The van der Waals surface area contributed by atoms with Crippen LogP contribution >= 0.6 is 0 Å². The summed E-state index contributed by atoms with van der Waals surface area (Å²) < 4.78 is 10.6. The number of amides is 2. The van der Waals surface area contributed by atoms with Gasteiger partial charge in [0, 0.05) is 43.7 Å². The van der Waals surface area contributed by atoms with Crippen molar-refractivity contribution in [2.24, 2.45) is 5.92 Å². The molecule has 2 saturated heterocycles. The number of hydrogen-bond donors (Lipinski definition) is 1. The summed E-state index contributed by atoms with van der Waals surface area (Å²) >= 11 is 0. The van der Waals surface area contributed by atoms with Crippen LogP contribution in [-0.2, 0) is 4.79 Å². The van der Waals surface area contributed by atoms with Crippen molar-refractivity contribution in [3.05, 3.63) is 23.8 Å². The van der Waals surface area contributed by atoms with Crippen LogP contribution in [0, 0.1) is 5.92 Å². The Morgan fingerprint density at radius 1 is 1.08 bits per heavy atom. The van der Waals surface area contributed by atoms with E-state index in [1.165, 1.54) is 0 Å². The third-order valence-electron chi connectivity index (χ3n) is 5.47. The Morgan fingerprint density at radius 3 is 2.58 bits per heavy atom. The molecule has 3 aliphatic heterocycles. The first-order valence-electron chi connectivity index (χ1n) is 9.33. The molecule has 0 aliphatic carbocycles. The molecule has 0 aromatic heterocycles. The van der Waals surface area contributed by atoms with Gasteiger partial charge in [0.25, 0.3) is 5.91 Å². The molecule has 2 fully saturated rings. The van der Waals surface area contributed by atoms with Crippen LogP contribution in [0.15, 0.2) is 18.2 Å². The third kappa shape index (κ3) is 3.35. The van der Waals surface area contributed by atoms with E-state index in [9.17, 15) is 9.59 Å². The van der Waals surface area contributed by atoms with Crippen LogP contribution in [0.5, 0.6) is 11.5 Å². The van der Waals surface area contributed by atoms with Gasteiger partial charge in [-0.25, -0.2) is 0 Å². The lowest BCUT2D eigenvalue weighted by molar-refractivity contribution is -0.138. The van der Waals surface area contributed by atoms with E-state index in [0.717, 1.165) is 19.4 Å². The maximum absolute atomic E-state index is 12.7. The molecule has 1 aromatic carbocycles. The first kappa shape index (κ1) is 17.1. The number of benzene rings is 1. The van der Waals surface area contributed by atoms with Gasteiger partial charge in [0.05, 0.1) is 0 Å². The predicted octanol–water partition coefficient (Wildman–Crippen LogP) is 1.09. The van der Waals surface area contributed by atoms with E-state index in [-0.39, 0.29) is 24.5 Å². The van der Waals surface area contributed by atoms with Crippen molar-refractivity contribution in [2.45, 2.75) is 25.8 Å². The number of piperidine rings is 1. The summed E-state index contributed by atoms with van der Waals surface area (Å²) in [5.74, 6) is 1.62. The summed E-state index contributed by atoms with van der Waals surface area (Å²) in [4.78, 5) is 29.2. The molecule has 4 rings (SSSR count). The average Bonchev–Trinajstić information content (AvgIpc) is 3.15. The van der Waals surface area contributed by atoms with E-state index in [1.54, 1.807) is 18.2 Å². The second-order valence-corrected chi connectivity index (χ2v) is 7.26. The average molecular weight is 359 g/mol. The molecule has 1 aromatic rings. The van der Waals surface area contributed by atoms with Gasteiger partial charge in [-0.05, 0) is 44.5 Å². The highest BCUT2D eigenvalue weighted by molar-refractivity contribution is 5.95. The summed E-state index contributed by atoms with van der Waals surface area (Å²) in [6.07, 6.45) is 1.80. The van der Waals surface area contributed by atoms with Gasteiger partial charge in [0.15, 0.2) is 11.5 Å². The van der Waals surface area contributed by atoms with Gasteiger partial charge < -0.3 is 24.6 Å². The molecule has 0 spiro atoms. The molecular formula is C19H25N3O4. The van der Waals surface area contributed by atoms with Crippen LogP contribution in [0.1, 0.15) is 30.1 Å². The molecule has 1 N–H and O–H groups in total. The Balaban J connectivity index is 1.34. The largest absolute Gasteiger partial charge is 0.454 e. The first-order valence-corrected chi connectivity index (χ1v) is 9.33. The molecule has 0 unspecified atom stereocenters. The maximum Gasteiger partial charge on any atom is 0.254 e. The van der Waals surface area contributed by atoms with Gasteiger partial charge in [-0.2, -0.15) is 0 Å². The van der Waals surface area contributed by atoms with Crippen molar-refractivity contribution in [3.63, 3.8) is 0 Å². The minimum atomic E-state index is -0.0223. The molecule has 2 atom stereocenters. The van der Waals surface area contributed by atoms with E-state index in [0.29, 0.717) is 49.3 Å². The summed E-state index contributed by atoms with van der Waals surface area (Å²) in [5.41, 5.74) is 0.598. The Labute approximate surface area is 153 Å². The van der Waals surface area contributed by atoms with E-state index < -0.39 is 0 Å². The second-order valence-electron chi connectivity index (χ2n) is 7.26. The lowest BCUT2D eigenvalue weighted by Gasteiger charge is -2.38. The van der Waals surface area contributed by atoms with Gasteiger partial charge in [0.1, 0.15) is 0 Å². The number of hydrogen-bond acceptors (Lipinski definition) is 5. The highest BCUT2D eigenvalue weighted by Crippen LogP contribution is 2.33. The quantitative estimate of drug-likeness (QED) is 0.856. The first-order chi connectivity index (χ1) is 12.6. The molecule has 0 saturated carbocycles. The van der Waals surface area contributed by atoms with Crippen molar-refractivity contribution < 1.29 is 19.1 Å². The highest BCUT2D eigenvalue weighted by Gasteiger charge is 2.31. The molecule has 0 radical (unpaired) electrons. The topological polar surface area (TPSA) is 71.1 Å². The zero-order chi connectivity index (χ0) is 18.1. The monoisotopic (exact) mass is 359 g/mol. The standard InChI is InChI=1S/C19H25N3O4/c1-13-10-15(4-5-20-13)19(24)22-8-6-21(7-9-22)18(23)14-2-3-16-17(11-14)26-12-25-16/h2-3,11,13,15,20H,4-10,12H2,1H3/t13-,15-/m0/s1. The third-order valence-corrected chi connectivity index (χ3v) is 5.47. The predicted molar refractivity (Wildman–Crippen MR) is 95.2 cm³/mol. The van der Waals surface area contributed by atoms with Crippen molar-refractivity contribution in [1.82, 2.24) is 15.1 Å². The van der Waals surface area contributed by atoms with Gasteiger partial charge in [0.2, 0.25) is 12.7 Å². The van der Waals surface area contributed by atoms with E-state index >= 15 is 0 Å². The lowest BCUT2D eigenvalue weighted by Crippen LogP contribution is -2.53. The smallest absolute Gasteiger partial charge is 0.254 e. The van der Waals surface area contributed by atoms with Gasteiger partial charge in [-0.3, -0.25) is 9.59 Å². The van der Waals surface area contributed by atoms with Crippen molar-refractivity contribution in [1.29, 1.82) is 0 Å². The number of carbonyl (C=O) groups is 2. The molecule has 0 bridgehead atoms. The number of carbonyl (C=O) groups excluding carboxylic acids is 2. The highest BCUT2D eigenvalue weighted by atomic mass is 16.7. The maximum atomic E-state index is 12.7. The number of nitrogens with one attached hydrogen (secondary N) is 1. The fourth-order valence-corrected chi connectivity index (χ4v) is 3.96. The summed E-state index contributed by atoms with van der Waals surface area (Å²) in [5, 5.41) is 3.38. The molecular weight excluding hydrogens is 334 g/mol. The van der Waals surface area contributed by atoms with Crippen molar-refractivity contribution in [3.8, 4) is 11.5 Å². The van der Waals surface area contributed by atoms with Crippen LogP contribution in [-0.4, -0.2) is 67.2 Å². The molecule has 3 aliphatic rings. The second kappa shape index (κ2) is 7.15. The van der Waals surface area contributed by atoms with Crippen molar-refractivity contribution >= 4 is 11.8 Å². The molecule has 140 valence electrons. The fraction of sp³-hybridized carbons (Fsp3) is 0.579. The van der Waals surface area contributed by atoms with Gasteiger partial charge in [-0.1, -0.05) is 0 Å². The number of fused-ring (bicyclic) bond motifs is 1. The SMILES string of the molecule is C[C@H]1C[C@@H](C(=O)N2CCN(C(=O)c3ccc4c(c3)OCO4)CC2)CCN1. The van der Waals surface area contributed by atoms with Crippen LogP contribution in [0.4, 0.5) is 0 Å². The molecule has 2 amide bonds. The van der Waals surface area contributed by atoms with Gasteiger partial charge >= 0.3 is 0 Å². The van der Waals surface area contributed by atoms with E-state index in [2.05, 4.69) is 12.2 Å². The number of piperazine rings is 1. The molecule has 3 heterocycles. The fourth-order valence-electron chi connectivity index (χ4n) is 3.96. The molecule has 26 heavy (non-hydrogen) atoms. The summed E-state index contributed by atoms with van der Waals surface area (Å²) in [6, 6.07) is 5.67. The minimum absolute atomic E-state index is 0.0223. The van der Waals surface area contributed by atoms with Gasteiger partial charge in [-0.15, -0.1) is 0 Å². The Kier molecular flexibility index (Phi) is 4.72. The van der Waals surface area contributed by atoms with Crippen LogP contribution in [0.3, 0.4) is 0 Å². The number of nitrogens with zero attached hydrogens (tertiary/aromatic N) is 2. The Bertz CT molecular complexity index is 700. The number of ether oxygens (including phenoxy) is 2. The van der Waals surface area contributed by atoms with Crippen LogP contribution in [0.2, 0.25) is 0 Å².